The van der Waals surface area contributed by atoms with Crippen LogP contribution in [0, 0.1) is 5.92 Å². The van der Waals surface area contributed by atoms with Gasteiger partial charge in [0.05, 0.1) is 11.6 Å². The number of amides is 2. The molecule has 29 heavy (non-hydrogen) atoms. The molecule has 0 radical (unpaired) electrons. The van der Waals surface area contributed by atoms with Gasteiger partial charge in [-0.3, -0.25) is 14.5 Å². The number of carbonyl (C=O) groups excluding carboxylic acids is 2. The first kappa shape index (κ1) is 20.2. The summed E-state index contributed by atoms with van der Waals surface area (Å²) in [5.74, 6) is 1.33. The van der Waals surface area contributed by atoms with E-state index in [4.69, 9.17) is 4.74 Å². The van der Waals surface area contributed by atoms with Crippen molar-refractivity contribution in [1.82, 2.24) is 15.1 Å². The average molecular weight is 400 g/mol. The van der Waals surface area contributed by atoms with Crippen molar-refractivity contribution in [3.05, 3.63) is 29.8 Å². The number of hydrogen-bond donors (Lipinski definition) is 1. The molecule has 6 nitrogen and oxygen atoms in total. The Labute approximate surface area is 173 Å². The van der Waals surface area contributed by atoms with E-state index in [2.05, 4.69) is 34.5 Å². The fourth-order valence-electron chi connectivity index (χ4n) is 5.32. The maximum atomic E-state index is 11.9. The van der Waals surface area contributed by atoms with Gasteiger partial charge in [0.15, 0.2) is 0 Å². The van der Waals surface area contributed by atoms with Gasteiger partial charge in [-0.25, -0.2) is 0 Å². The molecular weight excluding hydrogens is 366 g/mol. The van der Waals surface area contributed by atoms with Crippen LogP contribution in [0.1, 0.15) is 51.5 Å². The van der Waals surface area contributed by atoms with Crippen molar-refractivity contribution in [3.8, 4) is 5.75 Å². The number of carbonyl (C=O) groups is 2. The zero-order chi connectivity index (χ0) is 20.4. The van der Waals surface area contributed by atoms with Crippen molar-refractivity contribution in [2.24, 2.45) is 5.92 Å². The molecule has 0 unspecified atom stereocenters. The van der Waals surface area contributed by atoms with E-state index in [1.807, 2.05) is 4.90 Å². The zero-order valence-corrected chi connectivity index (χ0v) is 17.7. The van der Waals surface area contributed by atoms with E-state index in [0.29, 0.717) is 12.6 Å². The Morgan fingerprint density at radius 1 is 1.14 bits per heavy atom. The Morgan fingerprint density at radius 3 is 2.52 bits per heavy atom. The maximum absolute atomic E-state index is 11.9. The molecule has 2 amide bonds. The maximum Gasteiger partial charge on any atom is 0.219 e. The monoisotopic (exact) mass is 399 g/mol. The number of hydrogen-bond acceptors (Lipinski definition) is 4. The molecule has 0 spiro atoms. The van der Waals surface area contributed by atoms with Crippen LogP contribution in [-0.2, 0) is 16.1 Å². The molecular formula is C23H33N3O3. The predicted molar refractivity (Wildman–Crippen MR) is 112 cm³/mol. The SMILES string of the molecule is CC(=O)N[C@@]12CCN(Cc3ccc(OC4CCCC4)cc3)C[C@@H]1CN(C(C)=O)C2. The molecule has 4 rings (SSSR count). The third kappa shape index (κ3) is 4.58. The van der Waals surface area contributed by atoms with Gasteiger partial charge in [-0.15, -0.1) is 0 Å². The summed E-state index contributed by atoms with van der Waals surface area (Å²) in [6.45, 7) is 7.24. The van der Waals surface area contributed by atoms with Crippen molar-refractivity contribution in [2.45, 2.75) is 64.1 Å². The highest BCUT2D eigenvalue weighted by Crippen LogP contribution is 2.36. The first-order valence-electron chi connectivity index (χ1n) is 11.0. The van der Waals surface area contributed by atoms with Crippen LogP contribution in [0.25, 0.3) is 0 Å². The molecule has 1 aliphatic carbocycles. The van der Waals surface area contributed by atoms with Gasteiger partial charge in [-0.05, 0) is 49.8 Å². The van der Waals surface area contributed by atoms with Crippen LogP contribution in [0.4, 0.5) is 0 Å². The molecule has 1 aromatic rings. The molecule has 0 bridgehead atoms. The van der Waals surface area contributed by atoms with Gasteiger partial charge < -0.3 is 15.0 Å². The Balaban J connectivity index is 1.37. The molecule has 6 heteroatoms. The quantitative estimate of drug-likeness (QED) is 0.827. The third-order valence-corrected chi connectivity index (χ3v) is 6.85. The molecule has 2 atom stereocenters. The van der Waals surface area contributed by atoms with Crippen molar-refractivity contribution < 1.29 is 14.3 Å². The molecule has 1 aromatic carbocycles. The number of nitrogens with zero attached hydrogens (tertiary/aromatic N) is 2. The van der Waals surface area contributed by atoms with E-state index in [-0.39, 0.29) is 23.3 Å². The lowest BCUT2D eigenvalue weighted by molar-refractivity contribution is -0.128. The largest absolute Gasteiger partial charge is 0.490 e. The summed E-state index contributed by atoms with van der Waals surface area (Å²) < 4.78 is 6.07. The second-order valence-corrected chi connectivity index (χ2v) is 9.09. The Hall–Kier alpha value is -2.08. The van der Waals surface area contributed by atoms with Gasteiger partial charge in [0.25, 0.3) is 0 Å². The fourth-order valence-corrected chi connectivity index (χ4v) is 5.32. The van der Waals surface area contributed by atoms with Gasteiger partial charge in [-0.1, -0.05) is 12.1 Å². The number of benzene rings is 1. The summed E-state index contributed by atoms with van der Waals surface area (Å²) >= 11 is 0. The van der Waals surface area contributed by atoms with Crippen LogP contribution in [0.5, 0.6) is 5.75 Å². The molecule has 3 fully saturated rings. The lowest BCUT2D eigenvalue weighted by atomic mass is 9.80. The van der Waals surface area contributed by atoms with Gasteiger partial charge in [0, 0.05) is 52.5 Å². The Bertz CT molecular complexity index is 744. The number of likely N-dealkylation sites (tertiary alicyclic amines) is 2. The second-order valence-electron chi connectivity index (χ2n) is 9.09. The lowest BCUT2D eigenvalue weighted by Crippen LogP contribution is -2.60. The highest BCUT2D eigenvalue weighted by molar-refractivity contribution is 5.76. The van der Waals surface area contributed by atoms with E-state index in [0.717, 1.165) is 38.3 Å². The topological polar surface area (TPSA) is 61.9 Å². The third-order valence-electron chi connectivity index (χ3n) is 6.85. The van der Waals surface area contributed by atoms with Crippen LogP contribution in [0.2, 0.25) is 0 Å². The van der Waals surface area contributed by atoms with E-state index in [1.54, 1.807) is 13.8 Å². The minimum atomic E-state index is -0.271. The second kappa shape index (κ2) is 8.34. The zero-order valence-electron chi connectivity index (χ0n) is 17.7. The lowest BCUT2D eigenvalue weighted by Gasteiger charge is -2.43. The summed E-state index contributed by atoms with van der Waals surface area (Å²) in [7, 11) is 0. The minimum absolute atomic E-state index is 0.00768. The number of piperidine rings is 1. The van der Waals surface area contributed by atoms with Gasteiger partial charge in [0.1, 0.15) is 5.75 Å². The van der Waals surface area contributed by atoms with Crippen LogP contribution in [0.3, 0.4) is 0 Å². The summed E-state index contributed by atoms with van der Waals surface area (Å²) in [5.41, 5.74) is 1.00. The van der Waals surface area contributed by atoms with Crippen molar-refractivity contribution in [3.63, 3.8) is 0 Å². The normalized spacial score (nSPS) is 27.7. The Morgan fingerprint density at radius 2 is 1.86 bits per heavy atom. The molecule has 158 valence electrons. The van der Waals surface area contributed by atoms with Crippen molar-refractivity contribution in [1.29, 1.82) is 0 Å². The van der Waals surface area contributed by atoms with Crippen LogP contribution in [-0.4, -0.2) is 59.4 Å². The van der Waals surface area contributed by atoms with Crippen LogP contribution < -0.4 is 10.1 Å². The molecule has 0 aromatic heterocycles. The van der Waals surface area contributed by atoms with E-state index in [1.165, 1.54) is 31.2 Å². The van der Waals surface area contributed by atoms with E-state index in [9.17, 15) is 9.59 Å². The first-order valence-corrected chi connectivity index (χ1v) is 11.0. The molecule has 1 saturated carbocycles. The average Bonchev–Trinajstić information content (AvgIpc) is 3.30. The van der Waals surface area contributed by atoms with Gasteiger partial charge in [0.2, 0.25) is 11.8 Å². The summed E-state index contributed by atoms with van der Waals surface area (Å²) in [6, 6.07) is 8.51. The number of rotatable bonds is 5. The number of ether oxygens (including phenoxy) is 1. The highest BCUT2D eigenvalue weighted by Gasteiger charge is 2.50. The summed E-state index contributed by atoms with van der Waals surface area (Å²) in [6.07, 6.45) is 6.16. The number of nitrogens with one attached hydrogen (secondary N) is 1. The van der Waals surface area contributed by atoms with Crippen molar-refractivity contribution in [2.75, 3.05) is 26.2 Å². The summed E-state index contributed by atoms with van der Waals surface area (Å²) in [4.78, 5) is 28.1. The van der Waals surface area contributed by atoms with E-state index >= 15 is 0 Å². The van der Waals surface area contributed by atoms with Crippen molar-refractivity contribution >= 4 is 11.8 Å². The molecule has 2 saturated heterocycles. The van der Waals surface area contributed by atoms with Crippen LogP contribution in [0.15, 0.2) is 24.3 Å². The molecule has 1 N–H and O–H groups in total. The Kier molecular flexibility index (Phi) is 5.81. The number of fused-ring (bicyclic) bond motifs is 1. The smallest absolute Gasteiger partial charge is 0.219 e. The first-order chi connectivity index (χ1) is 13.9. The summed E-state index contributed by atoms with van der Waals surface area (Å²) in [5, 5.41) is 3.19. The standard InChI is InChI=1S/C23H33N3O3/c1-17(27)24-23-11-12-25(14-20(23)15-26(16-23)18(2)28)13-19-7-9-22(10-8-19)29-21-5-3-4-6-21/h7-10,20-21H,3-6,11-16H2,1-2H3,(H,24,27)/t20-,23-/m1/s1. The fraction of sp³-hybridized carbons (Fsp3) is 0.652. The minimum Gasteiger partial charge on any atom is -0.490 e. The van der Waals surface area contributed by atoms with Gasteiger partial charge in [-0.2, -0.15) is 0 Å². The molecule has 3 aliphatic rings. The highest BCUT2D eigenvalue weighted by atomic mass is 16.5. The van der Waals surface area contributed by atoms with E-state index < -0.39 is 0 Å². The van der Waals surface area contributed by atoms with Crippen LogP contribution >= 0.6 is 0 Å². The predicted octanol–water partition coefficient (Wildman–Crippen LogP) is 2.57. The van der Waals surface area contributed by atoms with Gasteiger partial charge >= 0.3 is 0 Å². The molecule has 2 aliphatic heterocycles. The molecule has 2 heterocycles.